The van der Waals surface area contributed by atoms with E-state index in [-0.39, 0.29) is 94.8 Å². The molecule has 1 heterocycles. The zero-order chi connectivity index (χ0) is 47.7. The summed E-state index contributed by atoms with van der Waals surface area (Å²) in [6.45, 7) is 2.47. The van der Waals surface area contributed by atoms with Crippen molar-refractivity contribution in [1.29, 1.82) is 0 Å². The van der Waals surface area contributed by atoms with E-state index in [0.717, 1.165) is 80.0 Å². The van der Waals surface area contributed by atoms with Gasteiger partial charge in [-0.1, -0.05) is 98.6 Å². The van der Waals surface area contributed by atoms with Crippen LogP contribution in [-0.2, 0) is 23.2 Å². The fraction of sp³-hybridized carbons (Fsp3) is 0.583. The number of methoxy groups -OCH3 is 1. The Morgan fingerprint density at radius 1 is 0.899 bits per heavy atom. The lowest BCUT2D eigenvalue weighted by molar-refractivity contribution is -0.255. The largest absolute Gasteiger partial charge is 0.504 e. The van der Waals surface area contributed by atoms with Gasteiger partial charge in [-0.05, 0) is 145 Å². The molecule has 0 amide bonds. The van der Waals surface area contributed by atoms with Crippen LogP contribution in [0.5, 0.6) is 23.0 Å². The molecule has 3 spiro atoms. The summed E-state index contributed by atoms with van der Waals surface area (Å²) in [5.41, 5.74) is 2.95. The molecule has 9 nitrogen and oxygen atoms in total. The molecule has 3 aromatic carbocycles. The van der Waals surface area contributed by atoms with Gasteiger partial charge < -0.3 is 40.7 Å². The minimum absolute atomic E-state index is 0.00467. The van der Waals surface area contributed by atoms with Crippen molar-refractivity contribution in [2.75, 3.05) is 20.3 Å². The minimum Gasteiger partial charge on any atom is -0.504 e. The smallest absolute Gasteiger partial charge is 0.160 e. The van der Waals surface area contributed by atoms with Crippen molar-refractivity contribution in [2.45, 2.75) is 138 Å². The van der Waals surface area contributed by atoms with Crippen LogP contribution in [0.1, 0.15) is 136 Å². The molecule has 0 aromatic heterocycles. The molecule has 12 rings (SSSR count). The molecule has 1 saturated heterocycles. The average Bonchev–Trinajstić information content (AvgIpc) is 3.76. The Morgan fingerprint density at radius 2 is 1.72 bits per heavy atom. The van der Waals surface area contributed by atoms with E-state index in [0.29, 0.717) is 50.1 Å². The number of allylic oxidation sites excluding steroid dienone is 4. The van der Waals surface area contributed by atoms with Crippen molar-refractivity contribution in [3.63, 3.8) is 0 Å². The van der Waals surface area contributed by atoms with Crippen LogP contribution in [0.15, 0.2) is 78.4 Å². The average molecular weight is 934 g/mol. The molecule has 6 bridgehead atoms. The van der Waals surface area contributed by atoms with Gasteiger partial charge in [-0.15, -0.1) is 0 Å². The van der Waals surface area contributed by atoms with E-state index >= 15 is 4.79 Å². The van der Waals surface area contributed by atoms with Gasteiger partial charge in [0.15, 0.2) is 23.0 Å². The highest BCUT2D eigenvalue weighted by Crippen LogP contribution is 2.84. The summed E-state index contributed by atoms with van der Waals surface area (Å²) in [6.07, 6.45) is 19.4. The number of benzene rings is 3. The second kappa shape index (κ2) is 16.5. The zero-order valence-electron chi connectivity index (χ0n) is 40.4. The lowest BCUT2D eigenvalue weighted by Crippen LogP contribution is -2.86. The van der Waals surface area contributed by atoms with Crippen LogP contribution < -0.4 is 10.1 Å². The number of rotatable bonds is 11. The molecule has 69 heavy (non-hydrogen) atoms. The molecule has 15 unspecified atom stereocenters. The maximum Gasteiger partial charge on any atom is 0.160 e. The van der Waals surface area contributed by atoms with Crippen LogP contribution in [0.25, 0.3) is 0 Å². The van der Waals surface area contributed by atoms with Crippen LogP contribution in [0.4, 0.5) is 0 Å². The molecule has 1 aliphatic heterocycles. The highest BCUT2D eigenvalue weighted by Gasteiger charge is 2.83. The maximum absolute atomic E-state index is 16.2. The van der Waals surface area contributed by atoms with Crippen molar-refractivity contribution in [2.24, 2.45) is 58.2 Å². The number of aliphatic hydroxyl groups is 3. The standard InChI is InChI=1S/C60H71NO8/c1-3-4-6-13-45-49(64)26-42(43-28-53(69-2)52(67)24-39(43)33-63)37(23-35-10-7-5-8-11-35)14-15-38-32-61-57-20-21-59(45,68)55(38)60(57)48-29-51(66)50(65)27-44(48)47-30-54(60)58-34-56(47)19-9-12-40(56)25-46(58)36(18-22-62)16-17-41(58)31-57/h5,7-8,10-11,16-17,24-25,27-29,36-38,40-42,45,47,54-55,61-63,65-68H,3-4,6,9,12-13,18-23,26,30-34H2,1-2H3. The normalized spacial score (nSPS) is 40.6. The monoisotopic (exact) mass is 934 g/mol. The first-order valence-electron chi connectivity index (χ1n) is 26.6. The second-order valence-corrected chi connectivity index (χ2v) is 23.4. The van der Waals surface area contributed by atoms with Crippen LogP contribution in [-0.4, -0.2) is 67.8 Å². The summed E-state index contributed by atoms with van der Waals surface area (Å²) in [5, 5.41) is 75.1. The van der Waals surface area contributed by atoms with Gasteiger partial charge in [0.25, 0.3) is 0 Å². The number of unbranched alkanes of at least 4 members (excludes halogenated alkanes) is 2. The lowest BCUT2D eigenvalue weighted by atomic mass is 9.24. The van der Waals surface area contributed by atoms with Crippen molar-refractivity contribution < 1.29 is 40.2 Å². The van der Waals surface area contributed by atoms with E-state index in [9.17, 15) is 30.6 Å². The van der Waals surface area contributed by atoms with Crippen LogP contribution in [0.3, 0.4) is 0 Å². The molecule has 9 aliphatic rings. The quantitative estimate of drug-likeness (QED) is 0.0431. The lowest BCUT2D eigenvalue weighted by Gasteiger charge is -2.81. The molecule has 3 aromatic rings. The van der Waals surface area contributed by atoms with E-state index in [1.165, 1.54) is 12.7 Å². The molecule has 15 atom stereocenters. The number of hydrogen-bond donors (Lipinski definition) is 7. The molecular formula is C60H71NO8. The van der Waals surface area contributed by atoms with Gasteiger partial charge in [0.05, 0.1) is 19.3 Å². The van der Waals surface area contributed by atoms with Gasteiger partial charge in [-0.3, -0.25) is 4.79 Å². The van der Waals surface area contributed by atoms with Gasteiger partial charge in [0.1, 0.15) is 5.78 Å². The molecular weight excluding hydrogens is 863 g/mol. The minimum atomic E-state index is -1.47. The fourth-order valence-electron chi connectivity index (χ4n) is 18.7. The Balaban J connectivity index is 1.14. The van der Waals surface area contributed by atoms with Gasteiger partial charge in [0, 0.05) is 71.4 Å². The SMILES string of the molecule is CCCCCC1C(=O)CC(c2cc(OC)c(O)cc2CO)C(Cc2ccccc2)C#CC2CNC34CCC1(O)C2C31c2cc(O)c(O)cc2C2CC1C13CC25CCCC5C=C1C(CCO)C=CC3C4. The Hall–Kier alpha value is -4.59. The van der Waals surface area contributed by atoms with E-state index in [1.807, 2.05) is 30.3 Å². The predicted octanol–water partition coefficient (Wildman–Crippen LogP) is 9.27. The number of carbonyl (C=O) groups excluding carboxylic acids is 1. The Labute approximate surface area is 407 Å². The topological polar surface area (TPSA) is 160 Å². The number of fused-ring (bicyclic) bond motifs is 3. The summed E-state index contributed by atoms with van der Waals surface area (Å²) >= 11 is 0. The third kappa shape index (κ3) is 6.14. The summed E-state index contributed by atoms with van der Waals surface area (Å²) in [5.74, 6) is 6.27. The highest BCUT2D eigenvalue weighted by molar-refractivity contribution is 5.84. The molecule has 364 valence electrons. The van der Waals surface area contributed by atoms with Gasteiger partial charge in [0.2, 0.25) is 0 Å². The first-order chi connectivity index (χ1) is 33.4. The molecule has 4 saturated carbocycles. The first kappa shape index (κ1) is 45.5. The summed E-state index contributed by atoms with van der Waals surface area (Å²) < 4.78 is 5.68. The number of nitrogens with one attached hydrogen (secondary N) is 1. The highest BCUT2D eigenvalue weighted by atomic mass is 16.5. The van der Waals surface area contributed by atoms with Crippen molar-refractivity contribution in [3.8, 4) is 34.8 Å². The fourth-order valence-corrected chi connectivity index (χ4v) is 18.7. The number of hydrogen-bond acceptors (Lipinski definition) is 9. The van der Waals surface area contributed by atoms with Crippen LogP contribution in [0.2, 0.25) is 0 Å². The number of piperidine rings is 1. The number of aliphatic hydroxyl groups excluding tert-OH is 2. The van der Waals surface area contributed by atoms with Crippen molar-refractivity contribution in [1.82, 2.24) is 5.32 Å². The summed E-state index contributed by atoms with van der Waals surface area (Å²) in [4.78, 5) is 16.2. The second-order valence-electron chi connectivity index (χ2n) is 23.4. The number of aromatic hydroxyl groups is 3. The Kier molecular flexibility index (Phi) is 10.9. The molecule has 8 aliphatic carbocycles. The molecule has 5 fully saturated rings. The van der Waals surface area contributed by atoms with Crippen molar-refractivity contribution >= 4 is 5.78 Å². The predicted molar refractivity (Wildman–Crippen MR) is 264 cm³/mol. The summed E-state index contributed by atoms with van der Waals surface area (Å²) in [6, 6.07) is 17.4. The zero-order valence-corrected chi connectivity index (χ0v) is 40.4. The maximum atomic E-state index is 16.2. The van der Waals surface area contributed by atoms with Gasteiger partial charge in [-0.2, -0.15) is 0 Å². The van der Waals surface area contributed by atoms with E-state index in [2.05, 4.69) is 54.4 Å². The van der Waals surface area contributed by atoms with Crippen molar-refractivity contribution in [3.05, 3.63) is 106 Å². The van der Waals surface area contributed by atoms with Gasteiger partial charge in [-0.25, -0.2) is 0 Å². The third-order valence-electron chi connectivity index (χ3n) is 21.0. The number of phenols is 3. The van der Waals surface area contributed by atoms with E-state index < -0.39 is 34.3 Å². The summed E-state index contributed by atoms with van der Waals surface area (Å²) in [7, 11) is 1.51. The number of ketones is 1. The van der Waals surface area contributed by atoms with Gasteiger partial charge >= 0.3 is 0 Å². The Bertz CT molecular complexity index is 2680. The first-order valence-corrected chi connectivity index (χ1v) is 26.6. The molecule has 0 radical (unpaired) electrons. The van der Waals surface area contributed by atoms with Crippen LogP contribution in [0, 0.1) is 70.0 Å². The molecule has 7 N–H and O–H groups in total. The van der Waals surface area contributed by atoms with E-state index in [1.54, 1.807) is 12.1 Å². The number of phenolic OH excluding ortho intramolecular Hbond substituents is 3. The Morgan fingerprint density at radius 3 is 2.51 bits per heavy atom. The molecule has 9 heteroatoms. The number of carbonyl (C=O) groups is 1. The number of ether oxygens (including phenoxy) is 1. The van der Waals surface area contributed by atoms with E-state index in [4.69, 9.17) is 4.74 Å². The van der Waals surface area contributed by atoms with Crippen LogP contribution >= 0.6 is 0 Å². The third-order valence-corrected chi connectivity index (χ3v) is 21.0. The number of Topliss-reactive ketones (excluding diaryl/α,β-unsaturated/α-hetero) is 1.